The zero-order valence-electron chi connectivity index (χ0n) is 11.6. The molecule has 0 radical (unpaired) electrons. The van der Waals surface area contributed by atoms with Gasteiger partial charge in [0.1, 0.15) is 11.3 Å². The monoisotopic (exact) mass is 407 g/mol. The highest BCUT2D eigenvalue weighted by atomic mass is 79.9. The first kappa shape index (κ1) is 14.8. The van der Waals surface area contributed by atoms with Crippen molar-refractivity contribution in [3.63, 3.8) is 0 Å². The highest BCUT2D eigenvalue weighted by molar-refractivity contribution is 9.11. The van der Waals surface area contributed by atoms with E-state index in [1.165, 1.54) is 0 Å². The summed E-state index contributed by atoms with van der Waals surface area (Å²) in [5.74, 6) is 0.928. The summed E-state index contributed by atoms with van der Waals surface area (Å²) in [7, 11) is 0. The fourth-order valence-electron chi connectivity index (χ4n) is 2.45. The minimum atomic E-state index is 0.0225. The minimum Gasteiger partial charge on any atom is -0.459 e. The Kier molecular flexibility index (Phi) is 4.48. The van der Waals surface area contributed by atoms with Gasteiger partial charge in [0.15, 0.2) is 0 Å². The molecule has 4 heteroatoms. The Morgan fingerprint density at radius 3 is 2.67 bits per heavy atom. The topological polar surface area (TPSA) is 25.2 Å². The van der Waals surface area contributed by atoms with Crippen molar-refractivity contribution in [1.29, 1.82) is 0 Å². The summed E-state index contributed by atoms with van der Waals surface area (Å²) in [5, 5.41) is 4.63. The summed E-state index contributed by atoms with van der Waals surface area (Å²) >= 11 is 7.18. The van der Waals surface area contributed by atoms with Crippen LogP contribution in [0.2, 0.25) is 0 Å². The molecule has 3 rings (SSSR count). The predicted octanol–water partition coefficient (Wildman–Crippen LogP) is 5.66. The van der Waals surface area contributed by atoms with E-state index in [-0.39, 0.29) is 6.04 Å². The number of rotatable bonds is 4. The Morgan fingerprint density at radius 1 is 1.10 bits per heavy atom. The molecule has 1 heterocycles. The van der Waals surface area contributed by atoms with Crippen LogP contribution in [0.3, 0.4) is 0 Å². The first-order valence-corrected chi connectivity index (χ1v) is 8.44. The second kappa shape index (κ2) is 6.34. The number of benzene rings is 2. The molecule has 108 valence electrons. The van der Waals surface area contributed by atoms with E-state index >= 15 is 0 Å². The van der Waals surface area contributed by atoms with E-state index in [9.17, 15) is 0 Å². The lowest BCUT2D eigenvalue weighted by Crippen LogP contribution is -2.21. The van der Waals surface area contributed by atoms with Crippen LogP contribution in [0.5, 0.6) is 0 Å². The largest absolute Gasteiger partial charge is 0.459 e. The van der Waals surface area contributed by atoms with Gasteiger partial charge in [0, 0.05) is 14.3 Å². The first-order chi connectivity index (χ1) is 10.2. The van der Waals surface area contributed by atoms with Gasteiger partial charge in [-0.2, -0.15) is 0 Å². The zero-order valence-corrected chi connectivity index (χ0v) is 14.7. The third-order valence-corrected chi connectivity index (χ3v) is 4.62. The Labute approximate surface area is 140 Å². The van der Waals surface area contributed by atoms with Gasteiger partial charge >= 0.3 is 0 Å². The summed E-state index contributed by atoms with van der Waals surface area (Å²) in [6.45, 7) is 2.96. The average molecular weight is 409 g/mol. The molecular weight excluding hydrogens is 394 g/mol. The number of fused-ring (bicyclic) bond motifs is 1. The fraction of sp³-hybridized carbons (Fsp3) is 0.176. The number of hydrogen-bond acceptors (Lipinski definition) is 2. The second-order valence-corrected chi connectivity index (χ2v) is 6.61. The molecule has 0 aliphatic carbocycles. The summed E-state index contributed by atoms with van der Waals surface area (Å²) in [6.07, 6.45) is 0. The molecular formula is C17H15Br2NO. The molecule has 0 fully saturated rings. The molecule has 3 aromatic rings. The molecule has 0 aliphatic rings. The van der Waals surface area contributed by atoms with Crippen LogP contribution in [0.4, 0.5) is 0 Å². The maximum Gasteiger partial charge on any atom is 0.134 e. The summed E-state index contributed by atoms with van der Waals surface area (Å²) in [5.41, 5.74) is 2.08. The lowest BCUT2D eigenvalue weighted by molar-refractivity contribution is 0.476. The van der Waals surface area contributed by atoms with Crippen LogP contribution >= 0.6 is 31.9 Å². The van der Waals surface area contributed by atoms with Crippen LogP contribution in [-0.4, -0.2) is 6.54 Å². The normalized spacial score (nSPS) is 12.7. The highest BCUT2D eigenvalue weighted by Gasteiger charge is 2.20. The third kappa shape index (κ3) is 3.07. The zero-order chi connectivity index (χ0) is 14.8. The number of halogens is 2. The van der Waals surface area contributed by atoms with E-state index in [2.05, 4.69) is 62.3 Å². The Morgan fingerprint density at radius 2 is 1.90 bits per heavy atom. The van der Waals surface area contributed by atoms with Gasteiger partial charge in [-0.3, -0.25) is 0 Å². The van der Waals surface area contributed by atoms with Crippen molar-refractivity contribution in [1.82, 2.24) is 5.32 Å². The van der Waals surface area contributed by atoms with Crippen molar-refractivity contribution < 1.29 is 4.42 Å². The van der Waals surface area contributed by atoms with E-state index in [0.717, 1.165) is 37.8 Å². The molecule has 1 N–H and O–H groups in total. The van der Waals surface area contributed by atoms with Gasteiger partial charge in [0.25, 0.3) is 0 Å². The number of hydrogen-bond donors (Lipinski definition) is 1. The maximum atomic E-state index is 6.03. The van der Waals surface area contributed by atoms with Gasteiger partial charge in [-0.25, -0.2) is 0 Å². The van der Waals surface area contributed by atoms with Crippen molar-refractivity contribution in [2.75, 3.05) is 6.54 Å². The molecule has 2 nitrogen and oxygen atoms in total. The summed E-state index contributed by atoms with van der Waals surface area (Å²) < 4.78 is 8.16. The van der Waals surface area contributed by atoms with Crippen LogP contribution in [0, 0.1) is 0 Å². The SMILES string of the molecule is CCNC(c1cc2ccccc2o1)c1cc(Br)ccc1Br. The molecule has 1 atom stereocenters. The summed E-state index contributed by atoms with van der Waals surface area (Å²) in [4.78, 5) is 0. The van der Waals surface area contributed by atoms with Gasteiger partial charge in [-0.1, -0.05) is 57.0 Å². The average Bonchev–Trinajstić information content (AvgIpc) is 2.91. The first-order valence-electron chi connectivity index (χ1n) is 6.86. The fourth-order valence-corrected chi connectivity index (χ4v) is 3.30. The molecule has 0 spiro atoms. The molecule has 2 aromatic carbocycles. The maximum absolute atomic E-state index is 6.03. The smallest absolute Gasteiger partial charge is 0.134 e. The van der Waals surface area contributed by atoms with E-state index in [1.54, 1.807) is 0 Å². The molecule has 0 aliphatic heterocycles. The minimum absolute atomic E-state index is 0.0225. The summed E-state index contributed by atoms with van der Waals surface area (Å²) in [6, 6.07) is 16.4. The van der Waals surface area contributed by atoms with Crippen molar-refractivity contribution in [2.45, 2.75) is 13.0 Å². The van der Waals surface area contributed by atoms with E-state index in [1.807, 2.05) is 30.3 Å². The number of para-hydroxylation sites is 1. The second-order valence-electron chi connectivity index (χ2n) is 4.84. The molecule has 21 heavy (non-hydrogen) atoms. The van der Waals surface area contributed by atoms with Crippen LogP contribution in [-0.2, 0) is 0 Å². The Bertz CT molecular complexity index is 733. The lowest BCUT2D eigenvalue weighted by Gasteiger charge is -2.18. The van der Waals surface area contributed by atoms with Crippen LogP contribution in [0.25, 0.3) is 11.0 Å². The quantitative estimate of drug-likeness (QED) is 0.602. The van der Waals surface area contributed by atoms with Crippen molar-refractivity contribution in [3.8, 4) is 0 Å². The van der Waals surface area contributed by atoms with Gasteiger partial charge in [0.05, 0.1) is 6.04 Å². The van der Waals surface area contributed by atoms with Crippen molar-refractivity contribution >= 4 is 42.8 Å². The number of furan rings is 1. The highest BCUT2D eigenvalue weighted by Crippen LogP contribution is 2.33. The van der Waals surface area contributed by atoms with E-state index in [4.69, 9.17) is 4.42 Å². The van der Waals surface area contributed by atoms with Gasteiger partial charge < -0.3 is 9.73 Å². The van der Waals surface area contributed by atoms with Gasteiger partial charge in [-0.15, -0.1) is 0 Å². The number of nitrogens with one attached hydrogen (secondary N) is 1. The molecule has 1 aromatic heterocycles. The Hall–Kier alpha value is -1.10. The molecule has 0 bridgehead atoms. The molecule has 0 saturated carbocycles. The Balaban J connectivity index is 2.10. The van der Waals surface area contributed by atoms with E-state index < -0.39 is 0 Å². The molecule has 0 amide bonds. The standard InChI is InChI=1S/C17H15Br2NO/c1-2-20-17(13-10-12(18)7-8-14(13)19)16-9-11-5-3-4-6-15(11)21-16/h3-10,17,20H,2H2,1H3. The van der Waals surface area contributed by atoms with Gasteiger partial charge in [-0.05, 0) is 42.4 Å². The van der Waals surface area contributed by atoms with Crippen LogP contribution in [0.1, 0.15) is 24.3 Å². The lowest BCUT2D eigenvalue weighted by atomic mass is 10.0. The van der Waals surface area contributed by atoms with E-state index in [0.29, 0.717) is 0 Å². The van der Waals surface area contributed by atoms with Gasteiger partial charge in [0.2, 0.25) is 0 Å². The molecule has 0 saturated heterocycles. The predicted molar refractivity (Wildman–Crippen MR) is 93.6 cm³/mol. The van der Waals surface area contributed by atoms with Crippen LogP contribution < -0.4 is 5.32 Å². The van der Waals surface area contributed by atoms with Crippen molar-refractivity contribution in [3.05, 3.63) is 68.8 Å². The third-order valence-electron chi connectivity index (χ3n) is 3.41. The van der Waals surface area contributed by atoms with Crippen molar-refractivity contribution in [2.24, 2.45) is 0 Å². The molecule has 1 unspecified atom stereocenters. The van der Waals surface area contributed by atoms with Crippen LogP contribution in [0.15, 0.2) is 61.9 Å².